The molecule has 1 rings (SSSR count). The Balaban J connectivity index is 2.41. The summed E-state index contributed by atoms with van der Waals surface area (Å²) in [6.45, 7) is 5.62. The minimum Gasteiger partial charge on any atom is -0.459 e. The average Bonchev–Trinajstić information content (AvgIpc) is 2.50. The maximum Gasteiger partial charge on any atom is 0.319 e. The maximum absolute atomic E-state index is 11.7. The van der Waals surface area contributed by atoms with Crippen molar-refractivity contribution in [2.45, 2.75) is 56.1 Å². The molecule has 0 aliphatic carbocycles. The lowest BCUT2D eigenvalue weighted by atomic mass is 10.1. The molecule has 0 N–H and O–H groups in total. The first-order valence-electron chi connectivity index (χ1n) is 5.17. The number of nitrogens with zero attached hydrogens (tertiary/aromatic N) is 1. The minimum atomic E-state index is -0.412. The third kappa shape index (κ3) is 4.13. The summed E-state index contributed by atoms with van der Waals surface area (Å²) in [5.41, 5.74) is -0.412. The SMILES string of the molecule is CC(C)(C)OC(=O)[C@H]1CC[C@H](CC#N)S1. The van der Waals surface area contributed by atoms with Gasteiger partial charge in [-0.3, -0.25) is 4.79 Å². The van der Waals surface area contributed by atoms with Gasteiger partial charge in [-0.1, -0.05) is 0 Å². The summed E-state index contributed by atoms with van der Waals surface area (Å²) >= 11 is 1.59. The van der Waals surface area contributed by atoms with Crippen LogP contribution in [0.3, 0.4) is 0 Å². The van der Waals surface area contributed by atoms with Crippen LogP contribution in [-0.4, -0.2) is 22.1 Å². The Bertz CT molecular complexity index is 277. The Labute approximate surface area is 95.2 Å². The summed E-state index contributed by atoms with van der Waals surface area (Å²) in [4.78, 5) is 11.7. The van der Waals surface area contributed by atoms with Gasteiger partial charge in [0.2, 0.25) is 0 Å². The molecule has 2 atom stereocenters. The van der Waals surface area contributed by atoms with E-state index in [1.807, 2.05) is 20.8 Å². The van der Waals surface area contributed by atoms with Crippen molar-refractivity contribution in [2.24, 2.45) is 0 Å². The van der Waals surface area contributed by atoms with Gasteiger partial charge in [0.15, 0.2) is 0 Å². The number of carbonyl (C=O) groups excluding carboxylic acids is 1. The molecule has 0 aromatic rings. The Morgan fingerprint density at radius 3 is 2.73 bits per heavy atom. The number of nitriles is 1. The van der Waals surface area contributed by atoms with Crippen LogP contribution in [0.15, 0.2) is 0 Å². The van der Waals surface area contributed by atoms with Crippen LogP contribution >= 0.6 is 11.8 Å². The quantitative estimate of drug-likeness (QED) is 0.680. The molecule has 0 spiro atoms. The number of thioether (sulfide) groups is 1. The molecule has 0 aromatic carbocycles. The lowest BCUT2D eigenvalue weighted by molar-refractivity contribution is -0.154. The number of ether oxygens (including phenoxy) is 1. The van der Waals surface area contributed by atoms with Gasteiger partial charge < -0.3 is 4.74 Å². The van der Waals surface area contributed by atoms with Crippen molar-refractivity contribution in [1.82, 2.24) is 0 Å². The molecule has 0 amide bonds. The highest BCUT2D eigenvalue weighted by Gasteiger charge is 2.33. The van der Waals surface area contributed by atoms with Crippen LogP contribution < -0.4 is 0 Å². The summed E-state index contributed by atoms with van der Waals surface area (Å²) in [5, 5.41) is 8.80. The van der Waals surface area contributed by atoms with Crippen molar-refractivity contribution in [1.29, 1.82) is 5.26 Å². The molecule has 3 nitrogen and oxygen atoms in total. The number of carbonyl (C=O) groups is 1. The fraction of sp³-hybridized carbons (Fsp3) is 0.818. The second-order valence-electron chi connectivity index (χ2n) is 4.72. The average molecular weight is 227 g/mol. The summed E-state index contributed by atoms with van der Waals surface area (Å²) in [7, 11) is 0. The van der Waals surface area contributed by atoms with Crippen molar-refractivity contribution in [3.05, 3.63) is 0 Å². The van der Waals surface area contributed by atoms with Gasteiger partial charge in [-0.25, -0.2) is 0 Å². The van der Waals surface area contributed by atoms with E-state index in [-0.39, 0.29) is 11.2 Å². The normalized spacial score (nSPS) is 26.0. The molecule has 0 aromatic heterocycles. The predicted octanol–water partition coefficient (Wildman–Crippen LogP) is 2.51. The van der Waals surface area contributed by atoms with Crippen molar-refractivity contribution in [2.75, 3.05) is 0 Å². The number of rotatable bonds is 2. The number of hydrogen-bond acceptors (Lipinski definition) is 4. The first kappa shape index (κ1) is 12.4. The third-order valence-electron chi connectivity index (χ3n) is 2.10. The van der Waals surface area contributed by atoms with E-state index in [4.69, 9.17) is 10.00 Å². The highest BCUT2D eigenvalue weighted by molar-refractivity contribution is 8.01. The van der Waals surface area contributed by atoms with Crippen molar-refractivity contribution in [3.63, 3.8) is 0 Å². The lowest BCUT2D eigenvalue weighted by Crippen LogP contribution is -2.29. The minimum absolute atomic E-state index is 0.0671. The van der Waals surface area contributed by atoms with Crippen molar-refractivity contribution >= 4 is 17.7 Å². The molecule has 1 aliphatic heterocycles. The monoisotopic (exact) mass is 227 g/mol. The molecule has 1 aliphatic rings. The van der Waals surface area contributed by atoms with Crippen molar-refractivity contribution < 1.29 is 9.53 Å². The summed E-state index contributed by atoms with van der Waals surface area (Å²) in [5.74, 6) is -0.132. The van der Waals surface area contributed by atoms with E-state index in [0.29, 0.717) is 11.7 Å². The summed E-state index contributed by atoms with van der Waals surface area (Å²) in [6.07, 6.45) is 2.32. The Kier molecular flexibility index (Phi) is 4.04. The van der Waals surface area contributed by atoms with E-state index in [0.717, 1.165) is 12.8 Å². The van der Waals surface area contributed by atoms with E-state index >= 15 is 0 Å². The van der Waals surface area contributed by atoms with Gasteiger partial charge in [0.25, 0.3) is 0 Å². The fourth-order valence-electron chi connectivity index (χ4n) is 1.50. The Morgan fingerprint density at radius 2 is 2.20 bits per heavy atom. The zero-order valence-electron chi connectivity index (χ0n) is 9.45. The first-order chi connectivity index (χ1) is 6.92. The molecule has 0 bridgehead atoms. The van der Waals surface area contributed by atoms with Gasteiger partial charge in [-0.2, -0.15) is 5.26 Å². The topological polar surface area (TPSA) is 50.1 Å². The maximum atomic E-state index is 11.7. The van der Waals surface area contributed by atoms with Crippen LogP contribution in [0.2, 0.25) is 0 Å². The number of hydrogen-bond donors (Lipinski definition) is 0. The van der Waals surface area contributed by atoms with Crippen LogP contribution in [0.5, 0.6) is 0 Å². The van der Waals surface area contributed by atoms with Gasteiger partial charge in [-0.05, 0) is 33.6 Å². The fourth-order valence-corrected chi connectivity index (χ4v) is 2.84. The standard InChI is InChI=1S/C11H17NO2S/c1-11(2,3)14-10(13)9-5-4-8(15-9)6-7-12/h8-9H,4-6H2,1-3H3/t8-,9-/m1/s1. The van der Waals surface area contributed by atoms with E-state index < -0.39 is 5.60 Å². The Morgan fingerprint density at radius 1 is 1.53 bits per heavy atom. The molecular weight excluding hydrogens is 210 g/mol. The van der Waals surface area contributed by atoms with E-state index in [1.54, 1.807) is 11.8 Å². The van der Waals surface area contributed by atoms with Crippen LogP contribution in [0.4, 0.5) is 0 Å². The van der Waals surface area contributed by atoms with Crippen molar-refractivity contribution in [3.8, 4) is 6.07 Å². The predicted molar refractivity (Wildman–Crippen MR) is 60.5 cm³/mol. The number of esters is 1. The second-order valence-corrected chi connectivity index (χ2v) is 6.23. The molecular formula is C11H17NO2S. The molecule has 0 unspecified atom stereocenters. The van der Waals surface area contributed by atoms with Crippen LogP contribution in [0, 0.1) is 11.3 Å². The van der Waals surface area contributed by atoms with E-state index in [2.05, 4.69) is 6.07 Å². The van der Waals surface area contributed by atoms with Gasteiger partial charge in [-0.15, -0.1) is 11.8 Å². The smallest absolute Gasteiger partial charge is 0.319 e. The lowest BCUT2D eigenvalue weighted by Gasteiger charge is -2.21. The highest BCUT2D eigenvalue weighted by Crippen LogP contribution is 2.36. The molecule has 84 valence electrons. The molecule has 0 saturated carbocycles. The van der Waals surface area contributed by atoms with Gasteiger partial charge in [0, 0.05) is 11.7 Å². The highest BCUT2D eigenvalue weighted by atomic mass is 32.2. The summed E-state index contributed by atoms with van der Waals surface area (Å²) < 4.78 is 5.31. The van der Waals surface area contributed by atoms with Crippen LogP contribution in [0.1, 0.15) is 40.0 Å². The summed E-state index contributed by atoms with van der Waals surface area (Å²) in [6, 6.07) is 2.14. The zero-order chi connectivity index (χ0) is 11.5. The van der Waals surface area contributed by atoms with Crippen LogP contribution in [-0.2, 0) is 9.53 Å². The van der Waals surface area contributed by atoms with E-state index in [9.17, 15) is 4.79 Å². The van der Waals surface area contributed by atoms with E-state index in [1.165, 1.54) is 0 Å². The molecule has 4 heteroatoms. The zero-order valence-corrected chi connectivity index (χ0v) is 10.3. The second kappa shape index (κ2) is 4.89. The van der Waals surface area contributed by atoms with Crippen LogP contribution in [0.25, 0.3) is 0 Å². The van der Waals surface area contributed by atoms with Gasteiger partial charge in [0.05, 0.1) is 6.07 Å². The molecule has 0 radical (unpaired) electrons. The Hall–Kier alpha value is -0.690. The third-order valence-corrected chi connectivity index (χ3v) is 3.64. The first-order valence-corrected chi connectivity index (χ1v) is 6.12. The van der Waals surface area contributed by atoms with Gasteiger partial charge >= 0.3 is 5.97 Å². The molecule has 1 saturated heterocycles. The molecule has 1 heterocycles. The molecule has 1 fully saturated rings. The van der Waals surface area contributed by atoms with Gasteiger partial charge in [0.1, 0.15) is 10.9 Å². The molecule has 15 heavy (non-hydrogen) atoms. The largest absolute Gasteiger partial charge is 0.459 e.